The van der Waals surface area contributed by atoms with Crippen molar-refractivity contribution in [2.24, 2.45) is 11.8 Å². The van der Waals surface area contributed by atoms with Crippen LogP contribution >= 0.6 is 15.9 Å². The zero-order valence-electron chi connectivity index (χ0n) is 11.7. The van der Waals surface area contributed by atoms with Crippen molar-refractivity contribution in [2.75, 3.05) is 26.3 Å². The van der Waals surface area contributed by atoms with Gasteiger partial charge in [0.15, 0.2) is 0 Å². The summed E-state index contributed by atoms with van der Waals surface area (Å²) in [5.41, 5.74) is 1.38. The average molecular weight is 326 g/mol. The van der Waals surface area contributed by atoms with E-state index in [1.54, 1.807) is 0 Å². The molecule has 1 aliphatic carbocycles. The molecule has 0 saturated heterocycles. The lowest BCUT2D eigenvalue weighted by Gasteiger charge is -2.18. The fraction of sp³-hybridized carbons (Fsp3) is 0.625. The molecular weight excluding hydrogens is 302 g/mol. The topological polar surface area (TPSA) is 21.3 Å². The minimum atomic E-state index is 0.553. The number of hydrogen-bond acceptors (Lipinski definition) is 2. The molecular formula is C16H24BrNO. The molecule has 1 saturated carbocycles. The predicted octanol–water partition coefficient (Wildman–Crippen LogP) is 3.64. The minimum Gasteiger partial charge on any atom is -0.381 e. The first-order valence-electron chi connectivity index (χ1n) is 7.31. The molecule has 1 atom stereocenters. The molecule has 2 nitrogen and oxygen atoms in total. The third kappa shape index (κ3) is 5.64. The van der Waals surface area contributed by atoms with Crippen LogP contribution in [0.5, 0.6) is 0 Å². The number of nitrogens with one attached hydrogen (secondary N) is 1. The molecule has 0 bridgehead atoms. The van der Waals surface area contributed by atoms with E-state index in [1.807, 2.05) is 0 Å². The van der Waals surface area contributed by atoms with Gasteiger partial charge in [0.05, 0.1) is 6.61 Å². The molecule has 2 rings (SSSR count). The van der Waals surface area contributed by atoms with E-state index < -0.39 is 0 Å². The normalized spacial score (nSPS) is 16.5. The van der Waals surface area contributed by atoms with Gasteiger partial charge in [-0.2, -0.15) is 0 Å². The fourth-order valence-corrected chi connectivity index (χ4v) is 2.65. The first kappa shape index (κ1) is 15.0. The van der Waals surface area contributed by atoms with E-state index in [0.29, 0.717) is 5.92 Å². The highest BCUT2D eigenvalue weighted by atomic mass is 79.9. The van der Waals surface area contributed by atoms with Gasteiger partial charge in [-0.3, -0.25) is 0 Å². The van der Waals surface area contributed by atoms with Crippen molar-refractivity contribution in [3.05, 3.63) is 34.3 Å². The summed E-state index contributed by atoms with van der Waals surface area (Å²) >= 11 is 3.63. The van der Waals surface area contributed by atoms with Crippen molar-refractivity contribution in [2.45, 2.75) is 26.2 Å². The number of benzene rings is 1. The Balaban J connectivity index is 1.82. The van der Waals surface area contributed by atoms with Crippen molar-refractivity contribution in [3.8, 4) is 0 Å². The van der Waals surface area contributed by atoms with E-state index in [4.69, 9.17) is 4.74 Å². The summed E-state index contributed by atoms with van der Waals surface area (Å²) in [6, 6.07) is 8.49. The summed E-state index contributed by atoms with van der Waals surface area (Å²) < 4.78 is 7.08. The third-order valence-electron chi connectivity index (χ3n) is 3.55. The van der Waals surface area contributed by atoms with Gasteiger partial charge >= 0.3 is 0 Å². The van der Waals surface area contributed by atoms with Gasteiger partial charge in [-0.15, -0.1) is 0 Å². The number of ether oxygens (including phenoxy) is 1. The van der Waals surface area contributed by atoms with Crippen molar-refractivity contribution in [1.82, 2.24) is 5.32 Å². The highest BCUT2D eigenvalue weighted by Crippen LogP contribution is 2.29. The molecule has 1 N–H and O–H groups in total. The van der Waals surface area contributed by atoms with Crippen LogP contribution in [0.2, 0.25) is 0 Å². The summed E-state index contributed by atoms with van der Waals surface area (Å²) in [5.74, 6) is 1.40. The Hall–Kier alpha value is -0.380. The smallest absolute Gasteiger partial charge is 0.0509 e. The van der Waals surface area contributed by atoms with Crippen LogP contribution in [0.3, 0.4) is 0 Å². The van der Waals surface area contributed by atoms with Crippen LogP contribution in [0.1, 0.15) is 25.3 Å². The van der Waals surface area contributed by atoms with Gasteiger partial charge < -0.3 is 10.1 Å². The Kier molecular flexibility index (Phi) is 6.35. The van der Waals surface area contributed by atoms with E-state index in [0.717, 1.165) is 38.6 Å². The molecule has 1 aliphatic rings. The van der Waals surface area contributed by atoms with Crippen LogP contribution in [-0.2, 0) is 11.2 Å². The summed E-state index contributed by atoms with van der Waals surface area (Å²) in [4.78, 5) is 0. The Morgan fingerprint density at radius 1 is 1.37 bits per heavy atom. The molecule has 0 heterocycles. The highest BCUT2D eigenvalue weighted by molar-refractivity contribution is 9.10. The standard InChI is InChI=1S/C16H24BrNO/c1-2-18-10-14(12-19-11-13-7-8-13)9-15-5-3-4-6-16(15)17/h3-6,13-14,18H,2,7-12H2,1H3. The zero-order valence-corrected chi connectivity index (χ0v) is 13.3. The molecule has 1 unspecified atom stereocenters. The van der Waals surface area contributed by atoms with Gasteiger partial charge in [0, 0.05) is 17.6 Å². The van der Waals surface area contributed by atoms with E-state index in [2.05, 4.69) is 52.4 Å². The molecule has 0 spiro atoms. The molecule has 1 aromatic carbocycles. The van der Waals surface area contributed by atoms with Gasteiger partial charge in [-0.1, -0.05) is 41.1 Å². The lowest BCUT2D eigenvalue weighted by Crippen LogP contribution is -2.28. The molecule has 19 heavy (non-hydrogen) atoms. The molecule has 0 aliphatic heterocycles. The van der Waals surface area contributed by atoms with Crippen LogP contribution in [-0.4, -0.2) is 26.3 Å². The second-order valence-electron chi connectivity index (χ2n) is 5.45. The summed E-state index contributed by atoms with van der Waals surface area (Å²) in [7, 11) is 0. The lowest BCUT2D eigenvalue weighted by atomic mass is 10.00. The molecule has 106 valence electrons. The van der Waals surface area contributed by atoms with Gasteiger partial charge in [-0.05, 0) is 49.3 Å². The quantitative estimate of drug-likeness (QED) is 0.748. The lowest BCUT2D eigenvalue weighted by molar-refractivity contribution is 0.0908. The van der Waals surface area contributed by atoms with E-state index in [-0.39, 0.29) is 0 Å². The molecule has 0 aromatic heterocycles. The molecule has 0 radical (unpaired) electrons. The zero-order chi connectivity index (χ0) is 13.5. The Morgan fingerprint density at radius 2 is 2.16 bits per heavy atom. The third-order valence-corrected chi connectivity index (χ3v) is 4.33. The SMILES string of the molecule is CCNCC(COCC1CC1)Cc1ccccc1Br. The Labute approximate surface area is 125 Å². The van der Waals surface area contributed by atoms with Crippen molar-refractivity contribution in [3.63, 3.8) is 0 Å². The van der Waals surface area contributed by atoms with Crippen molar-refractivity contribution < 1.29 is 4.74 Å². The average Bonchev–Trinajstić information content (AvgIpc) is 3.22. The van der Waals surface area contributed by atoms with Crippen LogP contribution < -0.4 is 5.32 Å². The number of rotatable bonds is 9. The van der Waals surface area contributed by atoms with E-state index >= 15 is 0 Å². The summed E-state index contributed by atoms with van der Waals surface area (Å²) in [6.07, 6.45) is 3.79. The first-order chi connectivity index (χ1) is 9.29. The maximum atomic E-state index is 5.87. The number of hydrogen-bond donors (Lipinski definition) is 1. The first-order valence-corrected chi connectivity index (χ1v) is 8.10. The Morgan fingerprint density at radius 3 is 2.84 bits per heavy atom. The minimum absolute atomic E-state index is 0.553. The van der Waals surface area contributed by atoms with Crippen molar-refractivity contribution >= 4 is 15.9 Å². The van der Waals surface area contributed by atoms with Crippen LogP contribution in [0.25, 0.3) is 0 Å². The second-order valence-corrected chi connectivity index (χ2v) is 6.30. The van der Waals surface area contributed by atoms with Gasteiger partial charge in [0.25, 0.3) is 0 Å². The molecule has 1 aromatic rings. The maximum absolute atomic E-state index is 5.87. The van der Waals surface area contributed by atoms with Gasteiger partial charge in [0.1, 0.15) is 0 Å². The molecule has 1 fully saturated rings. The fourth-order valence-electron chi connectivity index (χ4n) is 2.20. The van der Waals surface area contributed by atoms with Crippen LogP contribution in [0, 0.1) is 11.8 Å². The summed E-state index contributed by atoms with van der Waals surface area (Å²) in [5, 5.41) is 3.45. The molecule has 0 amide bonds. The predicted molar refractivity (Wildman–Crippen MR) is 83.4 cm³/mol. The van der Waals surface area contributed by atoms with Crippen LogP contribution in [0.4, 0.5) is 0 Å². The largest absolute Gasteiger partial charge is 0.381 e. The van der Waals surface area contributed by atoms with Gasteiger partial charge in [-0.25, -0.2) is 0 Å². The van der Waals surface area contributed by atoms with Crippen LogP contribution in [0.15, 0.2) is 28.7 Å². The van der Waals surface area contributed by atoms with Gasteiger partial charge in [0.2, 0.25) is 0 Å². The number of halogens is 1. The van der Waals surface area contributed by atoms with E-state index in [9.17, 15) is 0 Å². The van der Waals surface area contributed by atoms with Crippen molar-refractivity contribution in [1.29, 1.82) is 0 Å². The monoisotopic (exact) mass is 325 g/mol. The second kappa shape index (κ2) is 8.03. The Bertz CT molecular complexity index is 379. The van der Waals surface area contributed by atoms with E-state index in [1.165, 1.54) is 22.9 Å². The maximum Gasteiger partial charge on any atom is 0.0509 e. The summed E-state index contributed by atoms with van der Waals surface area (Å²) in [6.45, 7) is 6.03. The molecule has 3 heteroatoms. The highest BCUT2D eigenvalue weighted by Gasteiger charge is 2.22.